The van der Waals surface area contributed by atoms with Crippen LogP contribution in [-0.2, 0) is 16.1 Å². The number of rotatable bonds is 6. The SMILES string of the molecule is C[C@@H](NC(=O)[C@@H]1C[C@H]2C[C@H]2N1C(=O)Cn1nc(C(N)=O)c2ccncc21)[C@H]1CC1(Cl)Cl. The number of pyridine rings is 1. The van der Waals surface area contributed by atoms with E-state index in [0.29, 0.717) is 29.7 Å². The van der Waals surface area contributed by atoms with Gasteiger partial charge in [-0.05, 0) is 38.2 Å². The molecule has 3 heterocycles. The van der Waals surface area contributed by atoms with Gasteiger partial charge in [0.1, 0.15) is 16.9 Å². The maximum atomic E-state index is 13.2. The van der Waals surface area contributed by atoms with Crippen molar-refractivity contribution in [2.24, 2.45) is 17.6 Å². The van der Waals surface area contributed by atoms with Gasteiger partial charge in [0.25, 0.3) is 5.91 Å². The maximum Gasteiger partial charge on any atom is 0.269 e. The number of hydrogen-bond donors (Lipinski definition) is 2. The third-order valence-electron chi connectivity index (χ3n) is 6.62. The summed E-state index contributed by atoms with van der Waals surface area (Å²) < 4.78 is 0.644. The molecular formula is C20H22Cl2N6O3. The van der Waals surface area contributed by atoms with Crippen LogP contribution >= 0.6 is 23.2 Å². The van der Waals surface area contributed by atoms with E-state index in [9.17, 15) is 14.4 Å². The number of likely N-dealkylation sites (tertiary alicyclic amines) is 1. The highest BCUT2D eigenvalue weighted by Gasteiger charge is 2.58. The molecule has 2 aromatic heterocycles. The Morgan fingerprint density at radius 1 is 1.35 bits per heavy atom. The van der Waals surface area contributed by atoms with Gasteiger partial charge in [0, 0.05) is 29.6 Å². The first-order chi connectivity index (χ1) is 14.7. The first kappa shape index (κ1) is 20.5. The lowest BCUT2D eigenvalue weighted by atomic mass is 10.1. The lowest BCUT2D eigenvalue weighted by molar-refractivity contribution is -0.140. The molecule has 31 heavy (non-hydrogen) atoms. The summed E-state index contributed by atoms with van der Waals surface area (Å²) in [6.45, 7) is 1.78. The Labute approximate surface area is 188 Å². The lowest BCUT2D eigenvalue weighted by Gasteiger charge is -2.28. The Bertz CT molecular complexity index is 1100. The molecule has 0 radical (unpaired) electrons. The van der Waals surface area contributed by atoms with Crippen molar-refractivity contribution in [1.82, 2.24) is 25.0 Å². The molecule has 3 fully saturated rings. The molecule has 0 bridgehead atoms. The first-order valence-electron chi connectivity index (χ1n) is 10.3. The van der Waals surface area contributed by atoms with Gasteiger partial charge in [-0.15, -0.1) is 23.2 Å². The van der Waals surface area contributed by atoms with Crippen LogP contribution in [-0.4, -0.2) is 59.8 Å². The van der Waals surface area contributed by atoms with Gasteiger partial charge >= 0.3 is 0 Å². The van der Waals surface area contributed by atoms with Crippen molar-refractivity contribution in [2.75, 3.05) is 0 Å². The second-order valence-electron chi connectivity index (χ2n) is 8.75. The molecule has 3 N–H and O–H groups in total. The largest absolute Gasteiger partial charge is 0.364 e. The number of piperidine rings is 1. The van der Waals surface area contributed by atoms with Gasteiger partial charge in [0.05, 0.1) is 11.7 Å². The molecule has 1 saturated heterocycles. The molecule has 0 unspecified atom stereocenters. The summed E-state index contributed by atoms with van der Waals surface area (Å²) in [4.78, 5) is 43.7. The normalized spacial score (nSPS) is 28.8. The second kappa shape index (κ2) is 7.06. The van der Waals surface area contributed by atoms with Crippen LogP contribution in [0.1, 0.15) is 36.7 Å². The number of carbonyl (C=O) groups is 3. The van der Waals surface area contributed by atoms with E-state index >= 15 is 0 Å². The predicted octanol–water partition coefficient (Wildman–Crippen LogP) is 1.22. The second-order valence-corrected chi connectivity index (χ2v) is 10.3. The van der Waals surface area contributed by atoms with Crippen molar-refractivity contribution in [1.29, 1.82) is 0 Å². The zero-order chi connectivity index (χ0) is 22.1. The van der Waals surface area contributed by atoms with Crippen LogP contribution in [0.15, 0.2) is 18.5 Å². The fourth-order valence-corrected chi connectivity index (χ4v) is 5.49. The molecular weight excluding hydrogens is 443 g/mol. The monoisotopic (exact) mass is 464 g/mol. The van der Waals surface area contributed by atoms with E-state index < -0.39 is 16.3 Å². The van der Waals surface area contributed by atoms with Gasteiger partial charge < -0.3 is 16.0 Å². The van der Waals surface area contributed by atoms with Crippen molar-refractivity contribution in [3.05, 3.63) is 24.2 Å². The fraction of sp³-hybridized carbons (Fsp3) is 0.550. The highest BCUT2D eigenvalue weighted by Crippen LogP contribution is 2.55. The molecule has 0 spiro atoms. The van der Waals surface area contributed by atoms with Crippen molar-refractivity contribution >= 4 is 51.8 Å². The van der Waals surface area contributed by atoms with Crippen LogP contribution in [0.3, 0.4) is 0 Å². The Balaban J connectivity index is 1.33. The van der Waals surface area contributed by atoms with Crippen LogP contribution in [0.25, 0.3) is 10.9 Å². The van der Waals surface area contributed by atoms with Crippen LogP contribution in [0.5, 0.6) is 0 Å². The number of carbonyl (C=O) groups excluding carboxylic acids is 3. The molecule has 3 amide bonds. The Hall–Kier alpha value is -2.39. The Kier molecular flexibility index (Phi) is 4.67. The number of primary amides is 1. The van der Waals surface area contributed by atoms with Gasteiger partial charge in [-0.1, -0.05) is 0 Å². The van der Waals surface area contributed by atoms with E-state index in [1.54, 1.807) is 11.0 Å². The van der Waals surface area contributed by atoms with Gasteiger partial charge in [-0.25, -0.2) is 0 Å². The molecule has 9 nitrogen and oxygen atoms in total. The lowest BCUT2D eigenvalue weighted by Crippen LogP contribution is -2.51. The van der Waals surface area contributed by atoms with Crippen molar-refractivity contribution < 1.29 is 14.4 Å². The number of hydrogen-bond acceptors (Lipinski definition) is 5. The average molecular weight is 465 g/mol. The number of nitrogens with two attached hydrogens (primary N) is 1. The van der Waals surface area contributed by atoms with E-state index in [0.717, 1.165) is 6.42 Å². The Morgan fingerprint density at radius 2 is 2.10 bits per heavy atom. The van der Waals surface area contributed by atoms with E-state index in [2.05, 4.69) is 15.4 Å². The van der Waals surface area contributed by atoms with Gasteiger partial charge in [-0.3, -0.25) is 24.0 Å². The zero-order valence-corrected chi connectivity index (χ0v) is 18.3. The standard InChI is InChI=1S/C20H22Cl2N6O3/c1-9(12-6-20(12,21)22)25-19(31)14-5-10-4-13(10)28(14)16(29)8-27-15-7-24-3-2-11(15)17(26-27)18(23)30/h2-3,7,9-10,12-14H,4-6,8H2,1H3,(H2,23,30)(H,25,31)/t9-,10-,12-,13-,14+/m1/s1. The molecule has 164 valence electrons. The number of nitrogens with one attached hydrogen (secondary N) is 1. The number of fused-ring (bicyclic) bond motifs is 2. The van der Waals surface area contributed by atoms with Gasteiger partial charge in [0.15, 0.2) is 5.69 Å². The topological polar surface area (TPSA) is 123 Å². The number of nitrogens with zero attached hydrogens (tertiary/aromatic N) is 4. The average Bonchev–Trinajstić information content (AvgIpc) is 3.52. The summed E-state index contributed by atoms with van der Waals surface area (Å²) in [6, 6.07) is 0.998. The fourth-order valence-electron chi connectivity index (χ4n) is 4.78. The molecule has 3 aliphatic rings. The van der Waals surface area contributed by atoms with Crippen molar-refractivity contribution in [2.45, 2.75) is 55.2 Å². The minimum absolute atomic E-state index is 0.00929. The highest BCUT2D eigenvalue weighted by atomic mass is 35.5. The predicted molar refractivity (Wildman–Crippen MR) is 113 cm³/mol. The summed E-state index contributed by atoms with van der Waals surface area (Å²) in [5.41, 5.74) is 6.06. The van der Waals surface area contributed by atoms with Crippen LogP contribution in [0, 0.1) is 11.8 Å². The van der Waals surface area contributed by atoms with Gasteiger partial charge in [-0.2, -0.15) is 5.10 Å². The minimum Gasteiger partial charge on any atom is -0.364 e. The van der Waals surface area contributed by atoms with Crippen LogP contribution < -0.4 is 11.1 Å². The third kappa shape index (κ3) is 3.53. The molecule has 5 atom stereocenters. The molecule has 5 rings (SSSR count). The first-order valence-corrected chi connectivity index (χ1v) is 11.0. The third-order valence-corrected chi connectivity index (χ3v) is 7.48. The zero-order valence-electron chi connectivity index (χ0n) is 16.8. The van der Waals surface area contributed by atoms with E-state index in [-0.39, 0.29) is 42.1 Å². The van der Waals surface area contributed by atoms with E-state index in [1.165, 1.54) is 17.1 Å². The molecule has 2 aliphatic carbocycles. The number of halogens is 2. The summed E-state index contributed by atoms with van der Waals surface area (Å²) in [5.74, 6) is -0.735. The summed E-state index contributed by atoms with van der Waals surface area (Å²) in [6.07, 6.45) is 5.25. The highest BCUT2D eigenvalue weighted by molar-refractivity contribution is 6.50. The molecule has 11 heteroatoms. The van der Waals surface area contributed by atoms with Crippen molar-refractivity contribution in [3.63, 3.8) is 0 Å². The van der Waals surface area contributed by atoms with E-state index in [4.69, 9.17) is 28.9 Å². The quantitative estimate of drug-likeness (QED) is 0.621. The molecule has 1 aliphatic heterocycles. The number of alkyl halides is 2. The van der Waals surface area contributed by atoms with E-state index in [1.807, 2.05) is 6.92 Å². The number of amides is 3. The summed E-state index contributed by atoms with van der Waals surface area (Å²) >= 11 is 12.2. The van der Waals surface area contributed by atoms with Crippen LogP contribution in [0.4, 0.5) is 0 Å². The number of aromatic nitrogens is 3. The van der Waals surface area contributed by atoms with Crippen LogP contribution in [0.2, 0.25) is 0 Å². The molecule has 2 saturated carbocycles. The molecule has 2 aromatic rings. The van der Waals surface area contributed by atoms with Crippen molar-refractivity contribution in [3.8, 4) is 0 Å². The smallest absolute Gasteiger partial charge is 0.269 e. The van der Waals surface area contributed by atoms with Gasteiger partial charge in [0.2, 0.25) is 11.8 Å². The summed E-state index contributed by atoms with van der Waals surface area (Å²) in [5, 5.41) is 7.75. The molecule has 0 aromatic carbocycles. The summed E-state index contributed by atoms with van der Waals surface area (Å²) in [7, 11) is 0. The maximum absolute atomic E-state index is 13.2. The Morgan fingerprint density at radius 3 is 2.77 bits per heavy atom. The minimum atomic E-state index is -0.784.